The molecule has 4 aromatic carbocycles. The number of likely N-dealkylation sites (N-methyl/N-ethyl adjacent to an activating group) is 1. The van der Waals surface area contributed by atoms with E-state index in [4.69, 9.17) is 21.4 Å². The molecule has 1 heterocycles. The van der Waals surface area contributed by atoms with E-state index >= 15 is 0 Å². The van der Waals surface area contributed by atoms with Gasteiger partial charge in [-0.2, -0.15) is 5.10 Å². The molecule has 0 bridgehead atoms. The predicted octanol–water partition coefficient (Wildman–Crippen LogP) is 6.79. The maximum atomic E-state index is 10.7. The molecule has 0 aliphatic heterocycles. The molecule has 0 unspecified atom stereocenters. The van der Waals surface area contributed by atoms with Crippen LogP contribution in [0.5, 0.6) is 5.75 Å². The number of benzene rings is 4. The van der Waals surface area contributed by atoms with E-state index in [1.807, 2.05) is 96.7 Å². The van der Waals surface area contributed by atoms with E-state index in [1.165, 1.54) is 0 Å². The van der Waals surface area contributed by atoms with Crippen molar-refractivity contribution in [3.05, 3.63) is 132 Å². The minimum Gasteiger partial charge on any atom is -0.491 e. The summed E-state index contributed by atoms with van der Waals surface area (Å²) >= 11 is 6.40. The lowest BCUT2D eigenvalue weighted by Gasteiger charge is -2.21. The topological polar surface area (TPSA) is 50.5 Å². The first-order valence-electron chi connectivity index (χ1n) is 13.1. The van der Waals surface area contributed by atoms with Gasteiger partial charge in [0.25, 0.3) is 0 Å². The fraction of sp³-hybridized carbons (Fsp3) is 0.182. The van der Waals surface area contributed by atoms with Crippen LogP contribution in [0.15, 0.2) is 115 Å². The van der Waals surface area contributed by atoms with Gasteiger partial charge in [0, 0.05) is 35.4 Å². The summed E-state index contributed by atoms with van der Waals surface area (Å²) < 4.78 is 7.81. The summed E-state index contributed by atoms with van der Waals surface area (Å²) in [5.41, 5.74) is 6.38. The second-order valence-corrected chi connectivity index (χ2v) is 10.1. The van der Waals surface area contributed by atoms with Gasteiger partial charge in [-0.15, -0.1) is 0 Å². The maximum Gasteiger partial charge on any atom is 0.119 e. The first-order valence-corrected chi connectivity index (χ1v) is 13.4. The zero-order valence-corrected chi connectivity index (χ0v) is 22.7. The molecule has 5 aromatic rings. The molecule has 5 rings (SSSR count). The number of ether oxygens (including phenoxy) is 1. The van der Waals surface area contributed by atoms with Crippen LogP contribution in [-0.4, -0.2) is 46.1 Å². The average molecular weight is 538 g/mol. The number of rotatable bonds is 11. The second kappa shape index (κ2) is 12.8. The van der Waals surface area contributed by atoms with Crippen molar-refractivity contribution in [3.8, 4) is 28.1 Å². The number of hydrogen-bond donors (Lipinski definition) is 1. The van der Waals surface area contributed by atoms with Crippen LogP contribution in [0.2, 0.25) is 5.02 Å². The Balaban J connectivity index is 1.21. The summed E-state index contributed by atoms with van der Waals surface area (Å²) in [5, 5.41) is 16.3. The van der Waals surface area contributed by atoms with Crippen molar-refractivity contribution in [3.63, 3.8) is 0 Å². The Morgan fingerprint density at radius 1 is 0.795 bits per heavy atom. The molecule has 0 spiro atoms. The molecule has 5 nitrogen and oxygen atoms in total. The van der Waals surface area contributed by atoms with Gasteiger partial charge < -0.3 is 9.84 Å². The highest BCUT2D eigenvalue weighted by Crippen LogP contribution is 2.25. The van der Waals surface area contributed by atoms with Gasteiger partial charge in [-0.1, -0.05) is 103 Å². The number of nitrogens with zero attached hydrogens (tertiary/aromatic N) is 3. The van der Waals surface area contributed by atoms with Crippen molar-refractivity contribution >= 4 is 11.6 Å². The van der Waals surface area contributed by atoms with Crippen molar-refractivity contribution in [2.75, 3.05) is 20.2 Å². The molecular formula is C33H32ClN3O2. The predicted molar refractivity (Wildman–Crippen MR) is 158 cm³/mol. The summed E-state index contributed by atoms with van der Waals surface area (Å²) in [6.45, 7) is 1.90. The van der Waals surface area contributed by atoms with E-state index in [2.05, 4.69) is 35.4 Å². The smallest absolute Gasteiger partial charge is 0.119 e. The van der Waals surface area contributed by atoms with Crippen molar-refractivity contribution < 1.29 is 9.84 Å². The normalized spacial score (nSPS) is 12.0. The van der Waals surface area contributed by atoms with Crippen molar-refractivity contribution in [1.82, 2.24) is 14.7 Å². The number of halogens is 1. The van der Waals surface area contributed by atoms with E-state index in [0.29, 0.717) is 19.6 Å². The molecule has 39 heavy (non-hydrogen) atoms. The lowest BCUT2D eigenvalue weighted by Crippen LogP contribution is -2.32. The molecular weight excluding hydrogens is 506 g/mol. The van der Waals surface area contributed by atoms with Gasteiger partial charge in [-0.25, -0.2) is 0 Å². The highest BCUT2D eigenvalue weighted by Gasteiger charge is 2.16. The summed E-state index contributed by atoms with van der Waals surface area (Å²) in [5.74, 6) is 0.739. The van der Waals surface area contributed by atoms with Gasteiger partial charge in [0.2, 0.25) is 0 Å². The first kappa shape index (κ1) is 26.7. The highest BCUT2D eigenvalue weighted by atomic mass is 35.5. The third-order valence-electron chi connectivity index (χ3n) is 6.54. The molecule has 0 saturated heterocycles. The van der Waals surface area contributed by atoms with Crippen LogP contribution in [0.25, 0.3) is 22.4 Å². The fourth-order valence-electron chi connectivity index (χ4n) is 4.63. The Labute approximate surface area is 234 Å². The van der Waals surface area contributed by atoms with Crippen LogP contribution in [0.3, 0.4) is 0 Å². The summed E-state index contributed by atoms with van der Waals surface area (Å²) in [6.07, 6.45) is 1.43. The molecule has 0 fully saturated rings. The van der Waals surface area contributed by atoms with Crippen LogP contribution in [-0.2, 0) is 13.1 Å². The van der Waals surface area contributed by atoms with Crippen LogP contribution >= 0.6 is 11.6 Å². The lowest BCUT2D eigenvalue weighted by molar-refractivity contribution is 0.0744. The van der Waals surface area contributed by atoms with Gasteiger partial charge in [0.05, 0.1) is 12.2 Å². The lowest BCUT2D eigenvalue weighted by atomic mass is 10.1. The summed E-state index contributed by atoms with van der Waals surface area (Å²) in [6, 6.07) is 36.2. The van der Waals surface area contributed by atoms with Gasteiger partial charge in [0.15, 0.2) is 0 Å². The number of hydrogen-bond acceptors (Lipinski definition) is 4. The highest BCUT2D eigenvalue weighted by molar-refractivity contribution is 6.31. The van der Waals surface area contributed by atoms with E-state index in [-0.39, 0.29) is 6.61 Å². The Kier molecular flexibility index (Phi) is 8.74. The molecule has 198 valence electrons. The van der Waals surface area contributed by atoms with E-state index in [1.54, 1.807) is 0 Å². The van der Waals surface area contributed by atoms with Gasteiger partial charge >= 0.3 is 0 Å². The van der Waals surface area contributed by atoms with E-state index in [9.17, 15) is 5.11 Å². The van der Waals surface area contributed by atoms with Crippen molar-refractivity contribution in [2.45, 2.75) is 19.2 Å². The fourth-order valence-corrected chi connectivity index (χ4v) is 4.83. The number of aromatic nitrogens is 2. The van der Waals surface area contributed by atoms with Crippen LogP contribution < -0.4 is 4.74 Å². The third kappa shape index (κ3) is 7.15. The third-order valence-corrected chi connectivity index (χ3v) is 6.91. The Morgan fingerprint density at radius 3 is 2.10 bits per heavy atom. The molecule has 0 aliphatic carbocycles. The number of aliphatic hydroxyl groups is 1. The molecule has 0 amide bonds. The molecule has 1 aromatic heterocycles. The molecule has 1 atom stereocenters. The second-order valence-electron chi connectivity index (χ2n) is 9.71. The Morgan fingerprint density at radius 2 is 1.41 bits per heavy atom. The summed E-state index contributed by atoms with van der Waals surface area (Å²) in [7, 11) is 2.00. The molecule has 0 saturated carbocycles. The van der Waals surface area contributed by atoms with Gasteiger partial charge in [-0.3, -0.25) is 9.58 Å². The first-order chi connectivity index (χ1) is 19.0. The molecule has 0 aliphatic rings. The van der Waals surface area contributed by atoms with Gasteiger partial charge in [0.1, 0.15) is 18.5 Å². The quantitative estimate of drug-likeness (QED) is 0.201. The van der Waals surface area contributed by atoms with E-state index in [0.717, 1.165) is 44.3 Å². The van der Waals surface area contributed by atoms with E-state index < -0.39 is 6.10 Å². The SMILES string of the molecule is CN(Cc1cn(Cc2ccccc2Cl)nc1-c1ccccc1)C[C@H](O)COc1ccc(-c2ccccc2)cc1. The van der Waals surface area contributed by atoms with Crippen LogP contribution in [0.4, 0.5) is 0 Å². The molecule has 6 heteroatoms. The minimum absolute atomic E-state index is 0.215. The van der Waals surface area contributed by atoms with Crippen molar-refractivity contribution in [2.24, 2.45) is 0 Å². The number of aliphatic hydroxyl groups excluding tert-OH is 1. The Bertz CT molecular complexity index is 1470. The Hall–Kier alpha value is -3.90. The van der Waals surface area contributed by atoms with Gasteiger partial charge in [-0.05, 0) is 41.9 Å². The zero-order chi connectivity index (χ0) is 27.0. The summed E-state index contributed by atoms with van der Waals surface area (Å²) in [4.78, 5) is 2.09. The zero-order valence-electron chi connectivity index (χ0n) is 22.0. The largest absolute Gasteiger partial charge is 0.491 e. The maximum absolute atomic E-state index is 10.7. The van der Waals surface area contributed by atoms with Crippen LogP contribution in [0, 0.1) is 0 Å². The standard InChI is InChI=1S/C33H32ClN3O2/c1-36(23-30(38)24-39-31-18-16-26(17-19-31)25-10-4-2-5-11-25)20-29-22-37(21-28-14-8-9-15-32(28)34)35-33(29)27-12-6-3-7-13-27/h2-19,22,30,38H,20-21,23-24H2,1H3/t30-/m0/s1. The average Bonchev–Trinajstić information content (AvgIpc) is 3.36. The molecule has 0 radical (unpaired) electrons. The minimum atomic E-state index is -0.637. The monoisotopic (exact) mass is 537 g/mol. The molecule has 1 N–H and O–H groups in total. The van der Waals surface area contributed by atoms with Crippen molar-refractivity contribution in [1.29, 1.82) is 0 Å². The van der Waals surface area contributed by atoms with Crippen LogP contribution in [0.1, 0.15) is 11.1 Å².